The molecule has 6 heteroatoms. The van der Waals surface area contributed by atoms with Gasteiger partial charge >= 0.3 is 5.97 Å². The van der Waals surface area contributed by atoms with E-state index < -0.39 is 12.0 Å². The SMILES string of the molecule is COC(=O)[C@@H](Cc1ccccc1)N1CC(SC(C)=O)CC1=O. The van der Waals surface area contributed by atoms with Gasteiger partial charge in [-0.1, -0.05) is 42.1 Å². The van der Waals surface area contributed by atoms with Crippen molar-refractivity contribution in [1.82, 2.24) is 4.90 Å². The van der Waals surface area contributed by atoms with Crippen LogP contribution in [0.5, 0.6) is 0 Å². The number of hydrogen-bond acceptors (Lipinski definition) is 5. The third kappa shape index (κ3) is 4.10. The van der Waals surface area contributed by atoms with Gasteiger partial charge in [0.25, 0.3) is 0 Å². The third-order valence-electron chi connectivity index (χ3n) is 3.58. The first-order valence-corrected chi connectivity index (χ1v) is 7.97. The van der Waals surface area contributed by atoms with Crippen LogP contribution in [-0.2, 0) is 25.5 Å². The number of likely N-dealkylation sites (tertiary alicyclic amines) is 1. The number of hydrogen-bond donors (Lipinski definition) is 0. The van der Waals surface area contributed by atoms with E-state index in [1.54, 1.807) is 4.90 Å². The van der Waals surface area contributed by atoms with Crippen molar-refractivity contribution < 1.29 is 19.1 Å². The van der Waals surface area contributed by atoms with Crippen molar-refractivity contribution in [3.8, 4) is 0 Å². The molecule has 1 aromatic rings. The predicted octanol–water partition coefficient (Wildman–Crippen LogP) is 1.65. The van der Waals surface area contributed by atoms with Crippen molar-refractivity contribution in [2.45, 2.75) is 31.1 Å². The zero-order valence-corrected chi connectivity index (χ0v) is 13.5. The van der Waals surface area contributed by atoms with Crippen molar-refractivity contribution >= 4 is 28.8 Å². The lowest BCUT2D eigenvalue weighted by Crippen LogP contribution is -2.44. The normalized spacial score (nSPS) is 19.1. The average molecular weight is 321 g/mol. The fourth-order valence-corrected chi connectivity index (χ4v) is 3.54. The smallest absolute Gasteiger partial charge is 0.328 e. The minimum absolute atomic E-state index is 0.0164. The highest BCUT2D eigenvalue weighted by Crippen LogP contribution is 2.27. The minimum atomic E-state index is -0.641. The summed E-state index contributed by atoms with van der Waals surface area (Å²) in [6, 6.07) is 8.87. The Labute approximate surface area is 134 Å². The van der Waals surface area contributed by atoms with Crippen molar-refractivity contribution in [3.63, 3.8) is 0 Å². The molecule has 1 aliphatic rings. The van der Waals surface area contributed by atoms with Gasteiger partial charge in [0, 0.05) is 31.6 Å². The predicted molar refractivity (Wildman–Crippen MR) is 84.3 cm³/mol. The van der Waals surface area contributed by atoms with Gasteiger partial charge in [0.2, 0.25) is 5.91 Å². The van der Waals surface area contributed by atoms with E-state index in [9.17, 15) is 14.4 Å². The summed E-state index contributed by atoms with van der Waals surface area (Å²) in [6.45, 7) is 1.88. The second-order valence-corrected chi connectivity index (χ2v) is 6.69. The molecule has 1 amide bonds. The van der Waals surface area contributed by atoms with Crippen LogP contribution in [0.25, 0.3) is 0 Å². The van der Waals surface area contributed by atoms with Crippen LogP contribution in [0.4, 0.5) is 0 Å². The molecule has 118 valence electrons. The van der Waals surface area contributed by atoms with Gasteiger partial charge in [0.15, 0.2) is 5.12 Å². The maximum Gasteiger partial charge on any atom is 0.328 e. The van der Waals surface area contributed by atoms with Gasteiger partial charge in [-0.2, -0.15) is 0 Å². The molecule has 2 rings (SSSR count). The summed E-state index contributed by atoms with van der Waals surface area (Å²) >= 11 is 1.16. The lowest BCUT2D eigenvalue weighted by atomic mass is 10.0. The molecule has 1 unspecified atom stereocenters. The topological polar surface area (TPSA) is 63.7 Å². The van der Waals surface area contributed by atoms with E-state index in [-0.39, 0.29) is 22.7 Å². The molecule has 0 radical (unpaired) electrons. The van der Waals surface area contributed by atoms with E-state index in [1.807, 2.05) is 30.3 Å². The van der Waals surface area contributed by atoms with E-state index in [0.29, 0.717) is 13.0 Å². The highest BCUT2D eigenvalue weighted by atomic mass is 32.2. The van der Waals surface area contributed by atoms with Gasteiger partial charge in [-0.05, 0) is 5.56 Å². The van der Waals surface area contributed by atoms with Crippen LogP contribution in [-0.4, -0.2) is 46.8 Å². The Morgan fingerprint density at radius 1 is 1.36 bits per heavy atom. The summed E-state index contributed by atoms with van der Waals surface area (Å²) in [7, 11) is 1.32. The van der Waals surface area contributed by atoms with Gasteiger partial charge in [-0.3, -0.25) is 9.59 Å². The standard InChI is InChI=1S/C16H19NO4S/c1-11(18)22-13-9-15(19)17(10-13)14(16(20)21-2)8-12-6-4-3-5-7-12/h3-7,13-14H,8-10H2,1-2H3/t13?,14-/m1/s1. The second kappa shape index (κ2) is 7.45. The number of amides is 1. The number of carbonyl (C=O) groups excluding carboxylic acids is 3. The molecule has 1 aliphatic heterocycles. The number of ether oxygens (including phenoxy) is 1. The molecule has 0 bridgehead atoms. The number of esters is 1. The molecule has 0 spiro atoms. The summed E-state index contributed by atoms with van der Waals surface area (Å²) in [5, 5.41) is -0.106. The van der Waals surface area contributed by atoms with Crippen LogP contribution < -0.4 is 0 Å². The third-order valence-corrected chi connectivity index (χ3v) is 4.56. The Kier molecular flexibility index (Phi) is 5.60. The maximum absolute atomic E-state index is 12.2. The summed E-state index contributed by atoms with van der Waals surface area (Å²) < 4.78 is 4.86. The lowest BCUT2D eigenvalue weighted by molar-refractivity contribution is -0.151. The molecule has 0 saturated carbocycles. The Bertz CT molecular complexity index is 561. The molecule has 5 nitrogen and oxygen atoms in total. The molecule has 1 fully saturated rings. The Hall–Kier alpha value is -1.82. The second-order valence-electron chi connectivity index (χ2n) is 5.21. The van der Waals surface area contributed by atoms with Crippen LogP contribution in [0.3, 0.4) is 0 Å². The first-order chi connectivity index (χ1) is 10.5. The Balaban J connectivity index is 2.14. The molecule has 0 aliphatic carbocycles. The van der Waals surface area contributed by atoms with Gasteiger partial charge in [0.1, 0.15) is 6.04 Å². The van der Waals surface area contributed by atoms with E-state index in [1.165, 1.54) is 14.0 Å². The number of benzene rings is 1. The monoisotopic (exact) mass is 321 g/mol. The van der Waals surface area contributed by atoms with E-state index in [0.717, 1.165) is 17.3 Å². The first kappa shape index (κ1) is 16.5. The van der Waals surface area contributed by atoms with E-state index in [2.05, 4.69) is 0 Å². The molecule has 2 atom stereocenters. The molecule has 1 heterocycles. The van der Waals surface area contributed by atoms with Gasteiger partial charge in [-0.15, -0.1) is 0 Å². The van der Waals surface area contributed by atoms with E-state index >= 15 is 0 Å². The maximum atomic E-state index is 12.2. The van der Waals surface area contributed by atoms with Crippen molar-refractivity contribution in [2.24, 2.45) is 0 Å². The zero-order chi connectivity index (χ0) is 16.1. The number of methoxy groups -OCH3 is 1. The fourth-order valence-electron chi connectivity index (χ4n) is 2.61. The van der Waals surface area contributed by atoms with Crippen molar-refractivity contribution in [2.75, 3.05) is 13.7 Å². The largest absolute Gasteiger partial charge is 0.467 e. The van der Waals surface area contributed by atoms with Crippen LogP contribution in [0.15, 0.2) is 30.3 Å². The van der Waals surface area contributed by atoms with Crippen LogP contribution in [0, 0.1) is 0 Å². The Morgan fingerprint density at radius 2 is 2.05 bits per heavy atom. The molecule has 0 N–H and O–H groups in total. The van der Waals surface area contributed by atoms with Crippen molar-refractivity contribution in [1.29, 1.82) is 0 Å². The lowest BCUT2D eigenvalue weighted by Gasteiger charge is -2.26. The van der Waals surface area contributed by atoms with Gasteiger partial charge in [-0.25, -0.2) is 4.79 Å². The summed E-state index contributed by atoms with van der Waals surface area (Å²) in [5.41, 5.74) is 0.966. The number of nitrogens with zero attached hydrogens (tertiary/aromatic N) is 1. The molecule has 1 aromatic carbocycles. The molecule has 1 saturated heterocycles. The number of thioether (sulfide) groups is 1. The molecular formula is C16H19NO4S. The Morgan fingerprint density at radius 3 is 2.64 bits per heavy atom. The summed E-state index contributed by atoms with van der Waals surface area (Å²) in [6.07, 6.45) is 0.698. The fraction of sp³-hybridized carbons (Fsp3) is 0.438. The van der Waals surface area contributed by atoms with Crippen LogP contribution >= 0.6 is 11.8 Å². The highest BCUT2D eigenvalue weighted by molar-refractivity contribution is 8.14. The van der Waals surface area contributed by atoms with Gasteiger partial charge < -0.3 is 9.64 Å². The van der Waals surface area contributed by atoms with Crippen molar-refractivity contribution in [3.05, 3.63) is 35.9 Å². The molecular weight excluding hydrogens is 302 g/mol. The van der Waals surface area contributed by atoms with E-state index in [4.69, 9.17) is 4.74 Å². The quantitative estimate of drug-likeness (QED) is 0.772. The zero-order valence-electron chi connectivity index (χ0n) is 12.7. The minimum Gasteiger partial charge on any atom is -0.467 e. The van der Waals surface area contributed by atoms with Gasteiger partial charge in [0.05, 0.1) is 7.11 Å². The molecule has 22 heavy (non-hydrogen) atoms. The molecule has 0 aromatic heterocycles. The summed E-state index contributed by atoms with van der Waals surface area (Å²) in [4.78, 5) is 37.0. The highest BCUT2D eigenvalue weighted by Gasteiger charge is 2.38. The first-order valence-electron chi connectivity index (χ1n) is 7.09. The van der Waals surface area contributed by atoms with Crippen LogP contribution in [0.1, 0.15) is 18.9 Å². The average Bonchev–Trinajstić information content (AvgIpc) is 2.84. The summed E-state index contributed by atoms with van der Waals surface area (Å²) in [5.74, 6) is -0.532. The number of rotatable bonds is 5. The number of carbonyl (C=O) groups is 3. The van der Waals surface area contributed by atoms with Crippen LogP contribution in [0.2, 0.25) is 0 Å².